The van der Waals surface area contributed by atoms with E-state index in [0.717, 1.165) is 11.3 Å². The normalized spacial score (nSPS) is 14.8. The number of benzene rings is 2. The van der Waals surface area contributed by atoms with Crippen molar-refractivity contribution < 1.29 is 23.0 Å². The summed E-state index contributed by atoms with van der Waals surface area (Å²) < 4.78 is 36.4. The number of rotatable bonds is 8. The van der Waals surface area contributed by atoms with Gasteiger partial charge in [-0.05, 0) is 50.2 Å². The average molecular weight is 490 g/mol. The first kappa shape index (κ1) is 24.0. The molecule has 1 saturated heterocycles. The van der Waals surface area contributed by atoms with Crippen molar-refractivity contribution in [1.82, 2.24) is 14.8 Å². The molecule has 3 aromatic rings. The molecule has 4 rings (SSSR count). The summed E-state index contributed by atoms with van der Waals surface area (Å²) in [5, 5.41) is 11.7. The van der Waals surface area contributed by atoms with E-state index in [1.54, 1.807) is 6.92 Å². The molecule has 1 N–H and O–H groups in total. The molecule has 1 amide bonds. The number of alkyl halides is 2. The SMILES string of the molecule is Cc1ccc(-n2c(SC(C)C(=O)Nc3ccc(OC(F)F)cc3)nnc2N2CCOCC2)cc1. The molecule has 11 heteroatoms. The number of aromatic nitrogens is 3. The van der Waals surface area contributed by atoms with Gasteiger partial charge in [0.15, 0.2) is 5.16 Å². The van der Waals surface area contributed by atoms with Crippen LogP contribution in [0.25, 0.3) is 5.69 Å². The first-order valence-corrected chi connectivity index (χ1v) is 11.7. The van der Waals surface area contributed by atoms with Crippen molar-refractivity contribution in [3.8, 4) is 11.4 Å². The van der Waals surface area contributed by atoms with Crippen LogP contribution in [0.15, 0.2) is 53.7 Å². The molecule has 1 unspecified atom stereocenters. The van der Waals surface area contributed by atoms with Gasteiger partial charge in [0.05, 0.1) is 24.2 Å². The third-order valence-electron chi connectivity index (χ3n) is 5.20. The predicted octanol–water partition coefficient (Wildman–Crippen LogP) is 4.13. The summed E-state index contributed by atoms with van der Waals surface area (Å²) >= 11 is 1.29. The van der Waals surface area contributed by atoms with Crippen LogP contribution in [0.2, 0.25) is 0 Å². The van der Waals surface area contributed by atoms with Crippen LogP contribution in [0, 0.1) is 6.92 Å². The lowest BCUT2D eigenvalue weighted by Crippen LogP contribution is -2.38. The molecule has 2 heterocycles. The van der Waals surface area contributed by atoms with Crippen LogP contribution >= 0.6 is 11.8 Å². The van der Waals surface area contributed by atoms with Crippen molar-refractivity contribution in [3.05, 3.63) is 54.1 Å². The van der Waals surface area contributed by atoms with Gasteiger partial charge >= 0.3 is 6.61 Å². The van der Waals surface area contributed by atoms with Crippen molar-refractivity contribution in [3.63, 3.8) is 0 Å². The highest BCUT2D eigenvalue weighted by atomic mass is 32.2. The second-order valence-electron chi connectivity index (χ2n) is 7.71. The maximum Gasteiger partial charge on any atom is 0.387 e. The Morgan fingerprint density at radius 2 is 1.76 bits per heavy atom. The zero-order valence-corrected chi connectivity index (χ0v) is 19.6. The molecule has 0 radical (unpaired) electrons. The minimum atomic E-state index is -2.90. The van der Waals surface area contributed by atoms with Crippen LogP contribution in [0.4, 0.5) is 20.4 Å². The minimum absolute atomic E-state index is 0.0252. The number of thioether (sulfide) groups is 1. The Kier molecular flexibility index (Phi) is 7.63. The Morgan fingerprint density at radius 3 is 2.41 bits per heavy atom. The van der Waals surface area contributed by atoms with Crippen LogP contribution < -0.4 is 15.0 Å². The molecule has 1 aromatic heterocycles. The molecule has 0 spiro atoms. The highest BCUT2D eigenvalue weighted by molar-refractivity contribution is 8.00. The van der Waals surface area contributed by atoms with E-state index >= 15 is 0 Å². The summed E-state index contributed by atoms with van der Waals surface area (Å²) in [5.74, 6) is 0.480. The van der Waals surface area contributed by atoms with Gasteiger partial charge < -0.3 is 19.7 Å². The van der Waals surface area contributed by atoms with E-state index in [1.807, 2.05) is 35.8 Å². The lowest BCUT2D eigenvalue weighted by molar-refractivity contribution is -0.115. The van der Waals surface area contributed by atoms with Gasteiger partial charge in [-0.15, -0.1) is 10.2 Å². The van der Waals surface area contributed by atoms with Crippen molar-refractivity contribution in [1.29, 1.82) is 0 Å². The second-order valence-corrected chi connectivity index (χ2v) is 9.01. The number of carbonyl (C=O) groups excluding carboxylic acids is 1. The molecule has 1 atom stereocenters. The Labute approximate surface area is 200 Å². The first-order valence-electron chi connectivity index (χ1n) is 10.8. The smallest absolute Gasteiger partial charge is 0.387 e. The van der Waals surface area contributed by atoms with Gasteiger partial charge in [-0.25, -0.2) is 0 Å². The van der Waals surface area contributed by atoms with Gasteiger partial charge in [0.25, 0.3) is 0 Å². The fourth-order valence-electron chi connectivity index (χ4n) is 3.40. The number of amides is 1. The second kappa shape index (κ2) is 10.8. The number of ether oxygens (including phenoxy) is 2. The number of anilines is 2. The van der Waals surface area contributed by atoms with Gasteiger partial charge in [-0.1, -0.05) is 29.5 Å². The van der Waals surface area contributed by atoms with Gasteiger partial charge in [0, 0.05) is 18.8 Å². The number of hydrogen-bond donors (Lipinski definition) is 1. The van der Waals surface area contributed by atoms with Crippen molar-refractivity contribution in [2.24, 2.45) is 0 Å². The third-order valence-corrected chi connectivity index (χ3v) is 6.24. The maximum atomic E-state index is 12.8. The lowest BCUT2D eigenvalue weighted by atomic mass is 10.2. The number of halogens is 2. The van der Waals surface area contributed by atoms with E-state index in [-0.39, 0.29) is 11.7 Å². The summed E-state index contributed by atoms with van der Waals surface area (Å²) in [6.07, 6.45) is 0. The number of nitrogens with one attached hydrogen (secondary N) is 1. The molecular weight excluding hydrogens is 464 g/mol. The van der Waals surface area contributed by atoms with Gasteiger partial charge in [-0.3, -0.25) is 9.36 Å². The van der Waals surface area contributed by atoms with Crippen molar-refractivity contribution in [2.75, 3.05) is 36.5 Å². The van der Waals surface area contributed by atoms with Gasteiger partial charge in [0.1, 0.15) is 5.75 Å². The largest absolute Gasteiger partial charge is 0.435 e. The summed E-state index contributed by atoms with van der Waals surface area (Å²) in [5.41, 5.74) is 2.52. The molecule has 2 aromatic carbocycles. The maximum absolute atomic E-state index is 12.8. The Morgan fingerprint density at radius 1 is 1.09 bits per heavy atom. The predicted molar refractivity (Wildman–Crippen MR) is 126 cm³/mol. The molecular formula is C23H25F2N5O3S. The molecule has 0 bridgehead atoms. The van der Waals surface area contributed by atoms with E-state index in [9.17, 15) is 13.6 Å². The van der Waals surface area contributed by atoms with Crippen LogP contribution in [-0.2, 0) is 9.53 Å². The average Bonchev–Trinajstić information content (AvgIpc) is 3.24. The molecule has 1 aliphatic heterocycles. The molecule has 8 nitrogen and oxygen atoms in total. The molecule has 0 saturated carbocycles. The van der Waals surface area contributed by atoms with E-state index in [2.05, 4.69) is 25.2 Å². The van der Waals surface area contributed by atoms with E-state index in [1.165, 1.54) is 36.0 Å². The fourth-order valence-corrected chi connectivity index (χ4v) is 4.26. The lowest BCUT2D eigenvalue weighted by Gasteiger charge is -2.28. The molecule has 1 aliphatic rings. The number of morpholine rings is 1. The zero-order valence-electron chi connectivity index (χ0n) is 18.8. The highest BCUT2D eigenvalue weighted by Gasteiger charge is 2.25. The Hall–Kier alpha value is -3.18. The number of hydrogen-bond acceptors (Lipinski definition) is 7. The molecule has 180 valence electrons. The first-order chi connectivity index (χ1) is 16.4. The quantitative estimate of drug-likeness (QED) is 0.477. The summed E-state index contributed by atoms with van der Waals surface area (Å²) in [6, 6.07) is 13.8. The van der Waals surface area contributed by atoms with Crippen LogP contribution in [0.5, 0.6) is 5.75 Å². The van der Waals surface area contributed by atoms with E-state index < -0.39 is 11.9 Å². The monoisotopic (exact) mass is 489 g/mol. The number of aryl methyl sites for hydroxylation is 1. The third kappa shape index (κ3) is 5.84. The summed E-state index contributed by atoms with van der Waals surface area (Å²) in [6.45, 7) is 3.53. The summed E-state index contributed by atoms with van der Waals surface area (Å²) in [4.78, 5) is 14.9. The summed E-state index contributed by atoms with van der Waals surface area (Å²) in [7, 11) is 0. The standard InChI is InChI=1S/C23H25F2N5O3S/c1-15-3-7-18(8-4-15)30-22(29-11-13-32-14-12-29)27-28-23(30)34-16(2)20(31)26-17-5-9-19(10-6-17)33-21(24)25/h3-10,16,21H,11-14H2,1-2H3,(H,26,31). The molecule has 1 fully saturated rings. The molecule has 0 aliphatic carbocycles. The zero-order chi connectivity index (χ0) is 24.1. The van der Waals surface area contributed by atoms with Gasteiger partial charge in [0.2, 0.25) is 11.9 Å². The van der Waals surface area contributed by atoms with E-state index in [0.29, 0.717) is 43.1 Å². The van der Waals surface area contributed by atoms with Crippen LogP contribution in [0.1, 0.15) is 12.5 Å². The Balaban J connectivity index is 1.51. The topological polar surface area (TPSA) is 81.5 Å². The Bertz CT molecular complexity index is 1100. The number of nitrogens with zero attached hydrogens (tertiary/aromatic N) is 4. The number of carbonyl (C=O) groups is 1. The van der Waals surface area contributed by atoms with Gasteiger partial charge in [-0.2, -0.15) is 8.78 Å². The van der Waals surface area contributed by atoms with Crippen molar-refractivity contribution >= 4 is 29.3 Å². The van der Waals surface area contributed by atoms with Crippen molar-refractivity contribution in [2.45, 2.75) is 30.9 Å². The van der Waals surface area contributed by atoms with E-state index in [4.69, 9.17) is 4.74 Å². The van der Waals surface area contributed by atoms with Crippen LogP contribution in [0.3, 0.4) is 0 Å². The molecule has 34 heavy (non-hydrogen) atoms. The highest BCUT2D eigenvalue weighted by Crippen LogP contribution is 2.30. The fraction of sp³-hybridized carbons (Fsp3) is 0.348. The van der Waals surface area contributed by atoms with Crippen LogP contribution in [-0.4, -0.2) is 58.8 Å². The minimum Gasteiger partial charge on any atom is -0.435 e.